The molecule has 0 fully saturated rings. The van der Waals surface area contributed by atoms with Crippen LogP contribution in [0.1, 0.15) is 58.9 Å². The molecule has 0 radical (unpaired) electrons. The lowest BCUT2D eigenvalue weighted by molar-refractivity contribution is -0.129. The maximum Gasteiger partial charge on any atom is 0.341 e. The zero-order valence-corrected chi connectivity index (χ0v) is 19.2. The highest BCUT2D eigenvalue weighted by Crippen LogP contribution is 2.38. The van der Waals surface area contributed by atoms with Crippen LogP contribution >= 0.6 is 23.1 Å². The van der Waals surface area contributed by atoms with E-state index in [-0.39, 0.29) is 18.4 Å². The molecule has 1 N–H and O–H groups in total. The quantitative estimate of drug-likeness (QED) is 0.519. The third-order valence-corrected chi connectivity index (χ3v) is 6.85. The molecule has 0 atom stereocenters. The first kappa shape index (κ1) is 22.4. The van der Waals surface area contributed by atoms with Crippen molar-refractivity contribution in [2.45, 2.75) is 50.8 Å². The number of fused-ring (bicyclic) bond motifs is 1. The summed E-state index contributed by atoms with van der Waals surface area (Å²) in [5.74, 6) is -0.717. The van der Waals surface area contributed by atoms with Crippen LogP contribution in [0.2, 0.25) is 0 Å². The standard InChI is InChI=1S/C22H26N2O4S2/c1-5-28-22(27)19-17-10-11-24(14(4)25)12-18(17)30-21(19)23-20(26)15-6-8-16(9-7-15)29-13(2)3/h6-9,13H,5,10-12H2,1-4H3,(H,23,26). The van der Waals surface area contributed by atoms with Crippen molar-refractivity contribution in [3.63, 3.8) is 0 Å². The molecule has 1 aromatic carbocycles. The molecule has 0 saturated carbocycles. The zero-order chi connectivity index (χ0) is 21.8. The Bertz CT molecular complexity index is 951. The molecule has 6 nitrogen and oxygen atoms in total. The second kappa shape index (κ2) is 9.66. The van der Waals surface area contributed by atoms with Crippen molar-refractivity contribution in [2.24, 2.45) is 0 Å². The average Bonchev–Trinajstić information content (AvgIpc) is 3.05. The summed E-state index contributed by atoms with van der Waals surface area (Å²) in [4.78, 5) is 41.0. The van der Waals surface area contributed by atoms with Crippen molar-refractivity contribution in [2.75, 3.05) is 18.5 Å². The maximum atomic E-state index is 12.8. The minimum Gasteiger partial charge on any atom is -0.462 e. The van der Waals surface area contributed by atoms with Crippen LogP contribution in [0.3, 0.4) is 0 Å². The number of nitrogens with one attached hydrogen (secondary N) is 1. The SMILES string of the molecule is CCOC(=O)c1c(NC(=O)c2ccc(SC(C)C)cc2)sc2c1CCN(C(C)=O)C2. The lowest BCUT2D eigenvalue weighted by Crippen LogP contribution is -2.34. The molecule has 0 unspecified atom stereocenters. The van der Waals surface area contributed by atoms with Crippen LogP contribution in [0.15, 0.2) is 29.2 Å². The highest BCUT2D eigenvalue weighted by Gasteiger charge is 2.30. The topological polar surface area (TPSA) is 75.7 Å². The number of rotatable bonds is 6. The summed E-state index contributed by atoms with van der Waals surface area (Å²) in [6.45, 7) is 8.78. The lowest BCUT2D eigenvalue weighted by Gasteiger charge is -2.25. The Morgan fingerprint density at radius 3 is 2.53 bits per heavy atom. The molecule has 0 bridgehead atoms. The number of carbonyl (C=O) groups is 3. The highest BCUT2D eigenvalue weighted by molar-refractivity contribution is 7.99. The van der Waals surface area contributed by atoms with Gasteiger partial charge in [-0.3, -0.25) is 9.59 Å². The summed E-state index contributed by atoms with van der Waals surface area (Å²) < 4.78 is 5.24. The van der Waals surface area contributed by atoms with Crippen LogP contribution in [-0.4, -0.2) is 41.1 Å². The summed E-state index contributed by atoms with van der Waals surface area (Å²) in [5, 5.41) is 3.84. The summed E-state index contributed by atoms with van der Waals surface area (Å²) in [5.41, 5.74) is 1.81. The molecule has 2 amide bonds. The Kier molecular flexibility index (Phi) is 7.20. The minimum atomic E-state index is -0.440. The Labute approximate surface area is 185 Å². The van der Waals surface area contributed by atoms with Gasteiger partial charge in [-0.1, -0.05) is 13.8 Å². The van der Waals surface area contributed by atoms with E-state index in [2.05, 4.69) is 19.2 Å². The van der Waals surface area contributed by atoms with Gasteiger partial charge in [-0.25, -0.2) is 4.79 Å². The molecule has 1 aliphatic heterocycles. The summed E-state index contributed by atoms with van der Waals surface area (Å²) in [6, 6.07) is 7.43. The van der Waals surface area contributed by atoms with E-state index in [1.165, 1.54) is 18.3 Å². The predicted molar refractivity (Wildman–Crippen MR) is 120 cm³/mol. The van der Waals surface area contributed by atoms with Gasteiger partial charge in [0.2, 0.25) is 5.91 Å². The van der Waals surface area contributed by atoms with Crippen LogP contribution in [0.25, 0.3) is 0 Å². The molecule has 8 heteroatoms. The molecular formula is C22H26N2O4S2. The van der Waals surface area contributed by atoms with E-state index < -0.39 is 5.97 Å². The fourth-order valence-electron chi connectivity index (χ4n) is 3.31. The molecule has 0 aliphatic carbocycles. The third-order valence-electron chi connectivity index (χ3n) is 4.70. The number of nitrogens with zero attached hydrogens (tertiary/aromatic N) is 1. The molecule has 3 rings (SSSR count). The van der Waals surface area contributed by atoms with E-state index in [9.17, 15) is 14.4 Å². The van der Waals surface area contributed by atoms with Crippen molar-refractivity contribution in [1.29, 1.82) is 0 Å². The summed E-state index contributed by atoms with van der Waals surface area (Å²) in [6.07, 6.45) is 0.566. The first-order valence-corrected chi connectivity index (χ1v) is 11.6. The predicted octanol–water partition coefficient (Wildman–Crippen LogP) is 4.58. The number of benzene rings is 1. The number of hydrogen-bond donors (Lipinski definition) is 1. The number of anilines is 1. The Morgan fingerprint density at radius 1 is 1.23 bits per heavy atom. The normalized spacial score (nSPS) is 13.2. The molecule has 2 aromatic rings. The second-order valence-electron chi connectivity index (χ2n) is 7.26. The van der Waals surface area contributed by atoms with Gasteiger partial charge in [0, 0.05) is 34.1 Å². The monoisotopic (exact) mass is 446 g/mol. The van der Waals surface area contributed by atoms with Gasteiger partial charge in [-0.05, 0) is 43.2 Å². The number of thiophene rings is 1. The van der Waals surface area contributed by atoms with Gasteiger partial charge < -0.3 is 15.0 Å². The minimum absolute atomic E-state index is 0.00308. The van der Waals surface area contributed by atoms with E-state index in [0.29, 0.717) is 40.9 Å². The van der Waals surface area contributed by atoms with Gasteiger partial charge in [0.05, 0.1) is 18.7 Å². The molecule has 160 valence electrons. The molecule has 1 aliphatic rings. The first-order valence-electron chi connectivity index (χ1n) is 9.95. The van der Waals surface area contributed by atoms with Crippen LogP contribution in [0, 0.1) is 0 Å². The number of esters is 1. The third kappa shape index (κ3) is 5.05. The van der Waals surface area contributed by atoms with Crippen LogP contribution in [0.5, 0.6) is 0 Å². The summed E-state index contributed by atoms with van der Waals surface area (Å²) in [7, 11) is 0. The van der Waals surface area contributed by atoms with Crippen molar-refractivity contribution < 1.29 is 19.1 Å². The Morgan fingerprint density at radius 2 is 1.93 bits per heavy atom. The fraction of sp³-hybridized carbons (Fsp3) is 0.409. The lowest BCUT2D eigenvalue weighted by atomic mass is 10.0. The largest absolute Gasteiger partial charge is 0.462 e. The fourth-order valence-corrected chi connectivity index (χ4v) is 5.40. The van der Waals surface area contributed by atoms with E-state index in [1.807, 2.05) is 12.1 Å². The van der Waals surface area contributed by atoms with Gasteiger partial charge in [0.25, 0.3) is 5.91 Å². The van der Waals surface area contributed by atoms with Crippen molar-refractivity contribution >= 4 is 45.9 Å². The van der Waals surface area contributed by atoms with E-state index in [1.54, 1.807) is 35.7 Å². The number of ether oxygens (including phenoxy) is 1. The number of amides is 2. The van der Waals surface area contributed by atoms with Crippen molar-refractivity contribution in [3.05, 3.63) is 45.8 Å². The van der Waals surface area contributed by atoms with Crippen molar-refractivity contribution in [1.82, 2.24) is 4.90 Å². The number of hydrogen-bond acceptors (Lipinski definition) is 6. The smallest absolute Gasteiger partial charge is 0.341 e. The van der Waals surface area contributed by atoms with Gasteiger partial charge in [0.1, 0.15) is 5.00 Å². The number of thioether (sulfide) groups is 1. The molecule has 0 spiro atoms. The van der Waals surface area contributed by atoms with Crippen LogP contribution in [-0.2, 0) is 22.5 Å². The van der Waals surface area contributed by atoms with E-state index in [0.717, 1.165) is 15.3 Å². The van der Waals surface area contributed by atoms with E-state index >= 15 is 0 Å². The van der Waals surface area contributed by atoms with Gasteiger partial charge in [-0.2, -0.15) is 0 Å². The zero-order valence-electron chi connectivity index (χ0n) is 17.6. The summed E-state index contributed by atoms with van der Waals surface area (Å²) >= 11 is 3.07. The van der Waals surface area contributed by atoms with E-state index in [4.69, 9.17) is 4.74 Å². The van der Waals surface area contributed by atoms with Gasteiger partial charge in [0.15, 0.2) is 0 Å². The van der Waals surface area contributed by atoms with Crippen molar-refractivity contribution in [3.8, 4) is 0 Å². The van der Waals surface area contributed by atoms with Crippen LogP contribution < -0.4 is 5.32 Å². The average molecular weight is 447 g/mol. The maximum absolute atomic E-state index is 12.8. The highest BCUT2D eigenvalue weighted by atomic mass is 32.2. The molecule has 30 heavy (non-hydrogen) atoms. The molecular weight excluding hydrogens is 420 g/mol. The first-order chi connectivity index (χ1) is 14.3. The Balaban J connectivity index is 1.86. The Hall–Kier alpha value is -2.32. The second-order valence-corrected chi connectivity index (χ2v) is 10.0. The number of carbonyl (C=O) groups excluding carboxylic acids is 3. The van der Waals surface area contributed by atoms with Crippen LogP contribution in [0.4, 0.5) is 5.00 Å². The molecule has 1 aromatic heterocycles. The van der Waals surface area contributed by atoms with Gasteiger partial charge >= 0.3 is 5.97 Å². The van der Waals surface area contributed by atoms with Gasteiger partial charge in [-0.15, -0.1) is 23.1 Å². The molecule has 2 heterocycles. The molecule has 0 saturated heterocycles.